The Kier molecular flexibility index (Phi) is 4.70. The maximum atomic E-state index is 14.3. The molecular formula is C25H21F3N6. The smallest absolute Gasteiger partial charge is 0.167 e. The van der Waals surface area contributed by atoms with E-state index in [1.54, 1.807) is 16.5 Å². The fraction of sp³-hybridized carbons (Fsp3) is 0.240. The molecule has 0 radical (unpaired) electrons. The van der Waals surface area contributed by atoms with E-state index < -0.39 is 17.5 Å². The van der Waals surface area contributed by atoms with Gasteiger partial charge in [-0.2, -0.15) is 0 Å². The monoisotopic (exact) mass is 462 g/mol. The first-order valence-electron chi connectivity index (χ1n) is 11.1. The zero-order valence-electron chi connectivity index (χ0n) is 18.6. The molecule has 0 aliphatic carbocycles. The van der Waals surface area contributed by atoms with Gasteiger partial charge in [0.2, 0.25) is 0 Å². The number of rotatable bonds is 2. The molecule has 1 saturated heterocycles. The highest BCUT2D eigenvalue weighted by atomic mass is 19.2. The lowest BCUT2D eigenvalue weighted by atomic mass is 10.1. The molecule has 6 nitrogen and oxygen atoms in total. The lowest BCUT2D eigenvalue weighted by Gasteiger charge is -2.36. The van der Waals surface area contributed by atoms with Crippen molar-refractivity contribution in [2.24, 2.45) is 0 Å². The third-order valence-corrected chi connectivity index (χ3v) is 6.17. The number of aromatic nitrogens is 4. The molecule has 6 rings (SSSR count). The molecule has 0 amide bonds. The number of hydrogen-bond donors (Lipinski definition) is 1. The minimum atomic E-state index is -0.988. The molecule has 4 heterocycles. The molecule has 0 spiro atoms. The lowest BCUT2D eigenvalue weighted by Crippen LogP contribution is -2.54. The predicted molar refractivity (Wildman–Crippen MR) is 125 cm³/mol. The second kappa shape index (κ2) is 7.66. The van der Waals surface area contributed by atoms with Crippen LogP contribution in [-0.2, 0) is 0 Å². The van der Waals surface area contributed by atoms with Gasteiger partial charge in [-0.25, -0.2) is 28.1 Å². The highest BCUT2D eigenvalue weighted by Gasteiger charge is 2.24. The highest BCUT2D eigenvalue weighted by molar-refractivity contribution is 5.93. The van der Waals surface area contributed by atoms with Crippen molar-refractivity contribution in [3.05, 3.63) is 66.0 Å². The summed E-state index contributed by atoms with van der Waals surface area (Å²) >= 11 is 0. The molecule has 2 aromatic carbocycles. The first-order chi connectivity index (χ1) is 16.4. The Bertz CT molecular complexity index is 1570. The topological polar surface area (TPSA) is 58.4 Å². The molecule has 1 aliphatic heterocycles. The van der Waals surface area contributed by atoms with Crippen LogP contribution in [-0.4, -0.2) is 44.5 Å². The molecule has 9 heteroatoms. The van der Waals surface area contributed by atoms with Gasteiger partial charge in [-0.1, -0.05) is 12.1 Å². The van der Waals surface area contributed by atoms with E-state index >= 15 is 0 Å². The van der Waals surface area contributed by atoms with Gasteiger partial charge in [0.05, 0.1) is 11.0 Å². The molecule has 1 fully saturated rings. The van der Waals surface area contributed by atoms with E-state index in [0.29, 0.717) is 45.7 Å². The van der Waals surface area contributed by atoms with E-state index in [-0.39, 0.29) is 5.52 Å². The Hall–Kier alpha value is -3.72. The van der Waals surface area contributed by atoms with Crippen molar-refractivity contribution in [1.29, 1.82) is 0 Å². The van der Waals surface area contributed by atoms with Gasteiger partial charge in [0.1, 0.15) is 22.8 Å². The number of nitrogens with zero attached hydrogens (tertiary/aromatic N) is 5. The fourth-order valence-corrected chi connectivity index (χ4v) is 4.82. The first-order valence-corrected chi connectivity index (χ1v) is 11.1. The van der Waals surface area contributed by atoms with Crippen LogP contribution in [0, 0.1) is 17.5 Å². The van der Waals surface area contributed by atoms with Crippen LogP contribution in [0.15, 0.2) is 48.5 Å². The lowest BCUT2D eigenvalue weighted by molar-refractivity contribution is 0.405. The number of anilines is 1. The Labute approximate surface area is 193 Å². The van der Waals surface area contributed by atoms with Crippen molar-refractivity contribution in [3.8, 4) is 11.3 Å². The molecular weight excluding hydrogens is 441 g/mol. The highest BCUT2D eigenvalue weighted by Crippen LogP contribution is 2.31. The van der Waals surface area contributed by atoms with Crippen molar-refractivity contribution >= 4 is 33.7 Å². The van der Waals surface area contributed by atoms with Crippen LogP contribution >= 0.6 is 0 Å². The summed E-state index contributed by atoms with van der Waals surface area (Å²) in [4.78, 5) is 16.4. The van der Waals surface area contributed by atoms with Crippen molar-refractivity contribution in [2.75, 3.05) is 18.0 Å². The van der Waals surface area contributed by atoms with E-state index in [1.807, 2.05) is 12.1 Å². The summed E-state index contributed by atoms with van der Waals surface area (Å²) in [6.07, 6.45) is 0. The summed E-state index contributed by atoms with van der Waals surface area (Å²) in [7, 11) is 0. The number of pyridine rings is 1. The van der Waals surface area contributed by atoms with Crippen LogP contribution in [0.2, 0.25) is 0 Å². The van der Waals surface area contributed by atoms with Gasteiger partial charge in [-0.15, -0.1) is 0 Å². The first kappa shape index (κ1) is 20.9. The van der Waals surface area contributed by atoms with Gasteiger partial charge in [0.25, 0.3) is 0 Å². The van der Waals surface area contributed by atoms with Gasteiger partial charge in [-0.05, 0) is 38.1 Å². The van der Waals surface area contributed by atoms with Gasteiger partial charge in [-0.3, -0.25) is 4.40 Å². The van der Waals surface area contributed by atoms with Crippen molar-refractivity contribution in [3.63, 3.8) is 0 Å². The fourth-order valence-electron chi connectivity index (χ4n) is 4.82. The number of halogens is 3. The molecule has 0 bridgehead atoms. The molecule has 5 aromatic rings. The SMILES string of the molecule is C[C@@H]1CN(c2ccc3nc(-c4cccc(F)c4)c4nc5cc(F)c(F)cc5n4c3n2)C[C@H](C)N1. The van der Waals surface area contributed by atoms with E-state index in [0.717, 1.165) is 31.0 Å². The Morgan fingerprint density at radius 2 is 1.59 bits per heavy atom. The van der Waals surface area contributed by atoms with Crippen molar-refractivity contribution in [2.45, 2.75) is 25.9 Å². The third kappa shape index (κ3) is 3.35. The maximum Gasteiger partial charge on any atom is 0.167 e. The molecule has 3 aromatic heterocycles. The summed E-state index contributed by atoms with van der Waals surface area (Å²) in [5.41, 5.74) is 2.91. The quantitative estimate of drug-likeness (QED) is 0.412. The molecule has 34 heavy (non-hydrogen) atoms. The second-order valence-electron chi connectivity index (χ2n) is 8.88. The third-order valence-electron chi connectivity index (χ3n) is 6.17. The summed E-state index contributed by atoms with van der Waals surface area (Å²) in [5.74, 6) is -1.62. The van der Waals surface area contributed by atoms with E-state index in [2.05, 4.69) is 29.0 Å². The Morgan fingerprint density at radius 1 is 0.824 bits per heavy atom. The average Bonchev–Trinajstić information content (AvgIpc) is 3.16. The van der Waals surface area contributed by atoms with Crippen LogP contribution in [0.5, 0.6) is 0 Å². The number of hydrogen-bond acceptors (Lipinski definition) is 5. The van der Waals surface area contributed by atoms with Crippen LogP contribution in [0.1, 0.15) is 13.8 Å². The molecule has 172 valence electrons. The standard InChI is InChI=1S/C25H21F3N6/c1-13-11-33(12-14(2)29-13)22-7-6-19-24(32-22)34-21-10-18(28)17(27)9-20(21)31-25(34)23(30-19)15-4-3-5-16(26)8-15/h3-10,13-14,29H,11-12H2,1-2H3/t13-,14+. The number of fused-ring (bicyclic) bond motifs is 5. The minimum absolute atomic E-state index is 0.266. The largest absolute Gasteiger partial charge is 0.353 e. The summed E-state index contributed by atoms with van der Waals surface area (Å²) in [5, 5.41) is 3.50. The number of imidazole rings is 1. The van der Waals surface area contributed by atoms with Crippen molar-refractivity contribution < 1.29 is 13.2 Å². The summed E-state index contributed by atoms with van der Waals surface area (Å²) < 4.78 is 44.0. The van der Waals surface area contributed by atoms with Gasteiger partial charge in [0.15, 0.2) is 22.9 Å². The van der Waals surface area contributed by atoms with Crippen LogP contribution in [0.4, 0.5) is 19.0 Å². The average molecular weight is 462 g/mol. The Morgan fingerprint density at radius 3 is 2.35 bits per heavy atom. The van der Waals surface area contributed by atoms with Crippen LogP contribution < -0.4 is 10.2 Å². The minimum Gasteiger partial charge on any atom is -0.353 e. The molecule has 1 N–H and O–H groups in total. The van der Waals surface area contributed by atoms with Crippen molar-refractivity contribution in [1.82, 2.24) is 24.7 Å². The molecule has 0 unspecified atom stereocenters. The predicted octanol–water partition coefficient (Wildman–Crippen LogP) is 4.70. The Balaban J connectivity index is 1.67. The molecule has 1 aliphatic rings. The number of nitrogens with one attached hydrogen (secondary N) is 1. The summed E-state index contributed by atoms with van der Waals surface area (Å²) in [6.45, 7) is 5.81. The number of benzene rings is 2. The summed E-state index contributed by atoms with van der Waals surface area (Å²) in [6, 6.07) is 12.5. The zero-order valence-corrected chi connectivity index (χ0v) is 18.6. The van der Waals surface area contributed by atoms with E-state index in [4.69, 9.17) is 9.97 Å². The van der Waals surface area contributed by atoms with Crippen LogP contribution in [0.3, 0.4) is 0 Å². The number of piperazine rings is 1. The zero-order chi connectivity index (χ0) is 23.6. The second-order valence-corrected chi connectivity index (χ2v) is 8.88. The molecule has 0 saturated carbocycles. The van der Waals surface area contributed by atoms with Gasteiger partial charge < -0.3 is 10.2 Å². The van der Waals surface area contributed by atoms with Gasteiger partial charge >= 0.3 is 0 Å². The van der Waals surface area contributed by atoms with E-state index in [1.165, 1.54) is 12.1 Å². The molecule has 2 atom stereocenters. The maximum absolute atomic E-state index is 14.3. The van der Waals surface area contributed by atoms with E-state index in [9.17, 15) is 13.2 Å². The van der Waals surface area contributed by atoms with Crippen LogP contribution in [0.25, 0.3) is 39.1 Å². The van der Waals surface area contributed by atoms with Gasteiger partial charge in [0, 0.05) is 42.9 Å². The normalized spacial score (nSPS) is 18.9.